The van der Waals surface area contributed by atoms with Crippen LogP contribution < -0.4 is 5.32 Å². The Morgan fingerprint density at radius 3 is 2.69 bits per heavy atom. The highest BCUT2D eigenvalue weighted by molar-refractivity contribution is 4.88. The SMILES string of the molecule is CC(C)NCCC(C)(O)Cc1nnn(C)n1. The average molecular weight is 227 g/mol. The van der Waals surface area contributed by atoms with Crippen molar-refractivity contribution in [1.29, 1.82) is 0 Å². The minimum absolute atomic E-state index is 0.431. The molecule has 2 N–H and O–H groups in total. The summed E-state index contributed by atoms with van der Waals surface area (Å²) < 4.78 is 0. The fraction of sp³-hybridized carbons (Fsp3) is 0.900. The molecule has 0 amide bonds. The standard InChI is InChI=1S/C10H21N5O/c1-8(2)11-6-5-10(3,16)7-9-12-14-15(4)13-9/h8,11,16H,5-7H2,1-4H3. The summed E-state index contributed by atoms with van der Waals surface area (Å²) in [6.07, 6.45) is 1.10. The van der Waals surface area contributed by atoms with Crippen LogP contribution in [0, 0.1) is 0 Å². The molecule has 1 heterocycles. The maximum Gasteiger partial charge on any atom is 0.177 e. The van der Waals surface area contributed by atoms with Crippen molar-refractivity contribution in [1.82, 2.24) is 25.5 Å². The van der Waals surface area contributed by atoms with E-state index < -0.39 is 5.60 Å². The van der Waals surface area contributed by atoms with Gasteiger partial charge in [0.15, 0.2) is 5.82 Å². The van der Waals surface area contributed by atoms with E-state index in [-0.39, 0.29) is 0 Å². The van der Waals surface area contributed by atoms with Gasteiger partial charge in [-0.2, -0.15) is 4.80 Å². The summed E-state index contributed by atoms with van der Waals surface area (Å²) in [5, 5.41) is 25.1. The van der Waals surface area contributed by atoms with Crippen molar-refractivity contribution in [3.8, 4) is 0 Å². The average Bonchev–Trinajstić information content (AvgIpc) is 2.48. The number of aromatic nitrogens is 4. The maximum absolute atomic E-state index is 10.1. The summed E-state index contributed by atoms with van der Waals surface area (Å²) in [4.78, 5) is 1.40. The third-order valence-electron chi connectivity index (χ3n) is 2.30. The predicted octanol–water partition coefficient (Wildman–Crippen LogP) is -0.108. The molecule has 16 heavy (non-hydrogen) atoms. The number of hydrogen-bond donors (Lipinski definition) is 2. The zero-order chi connectivity index (χ0) is 12.2. The fourth-order valence-corrected chi connectivity index (χ4v) is 1.45. The molecule has 6 nitrogen and oxygen atoms in total. The van der Waals surface area contributed by atoms with Crippen molar-refractivity contribution < 1.29 is 5.11 Å². The van der Waals surface area contributed by atoms with E-state index in [1.165, 1.54) is 4.80 Å². The Bertz CT molecular complexity index is 321. The zero-order valence-corrected chi connectivity index (χ0v) is 10.4. The van der Waals surface area contributed by atoms with Gasteiger partial charge in [-0.05, 0) is 25.1 Å². The summed E-state index contributed by atoms with van der Waals surface area (Å²) in [5.41, 5.74) is -0.787. The number of nitrogens with one attached hydrogen (secondary N) is 1. The highest BCUT2D eigenvalue weighted by Gasteiger charge is 2.23. The Kier molecular flexibility index (Phi) is 4.37. The van der Waals surface area contributed by atoms with Gasteiger partial charge in [0, 0.05) is 12.5 Å². The molecule has 0 aliphatic heterocycles. The second-order valence-electron chi connectivity index (χ2n) is 4.73. The summed E-state index contributed by atoms with van der Waals surface area (Å²) >= 11 is 0. The number of aryl methyl sites for hydroxylation is 1. The minimum atomic E-state index is -0.787. The minimum Gasteiger partial charge on any atom is -0.390 e. The molecule has 0 spiro atoms. The van der Waals surface area contributed by atoms with Crippen molar-refractivity contribution in [3.63, 3.8) is 0 Å². The molecule has 0 aromatic carbocycles. The van der Waals surface area contributed by atoms with Crippen molar-refractivity contribution in [3.05, 3.63) is 5.82 Å². The largest absolute Gasteiger partial charge is 0.390 e. The number of nitrogens with zero attached hydrogens (tertiary/aromatic N) is 4. The molecule has 0 saturated carbocycles. The molecule has 0 bridgehead atoms. The lowest BCUT2D eigenvalue weighted by Gasteiger charge is -2.22. The number of tetrazole rings is 1. The molecule has 92 valence electrons. The van der Waals surface area contributed by atoms with Gasteiger partial charge in [0.05, 0.1) is 12.6 Å². The molecule has 1 aromatic heterocycles. The quantitative estimate of drug-likeness (QED) is 0.709. The van der Waals surface area contributed by atoms with Gasteiger partial charge < -0.3 is 10.4 Å². The first-order valence-corrected chi connectivity index (χ1v) is 5.58. The zero-order valence-electron chi connectivity index (χ0n) is 10.4. The van der Waals surface area contributed by atoms with Crippen LogP contribution in [0.1, 0.15) is 33.0 Å². The van der Waals surface area contributed by atoms with E-state index in [4.69, 9.17) is 0 Å². The summed E-state index contributed by atoms with van der Waals surface area (Å²) in [7, 11) is 1.71. The molecular formula is C10H21N5O. The smallest absolute Gasteiger partial charge is 0.177 e. The monoisotopic (exact) mass is 227 g/mol. The molecule has 1 aromatic rings. The number of rotatable bonds is 6. The Labute approximate surface area is 96.0 Å². The van der Waals surface area contributed by atoms with Crippen LogP contribution in [0.15, 0.2) is 0 Å². The third kappa shape index (κ3) is 4.67. The third-order valence-corrected chi connectivity index (χ3v) is 2.30. The van der Waals surface area contributed by atoms with E-state index in [1.54, 1.807) is 14.0 Å². The van der Waals surface area contributed by atoms with Crippen LogP contribution in [0.5, 0.6) is 0 Å². The molecule has 1 unspecified atom stereocenters. The molecule has 0 saturated heterocycles. The van der Waals surface area contributed by atoms with E-state index in [0.29, 0.717) is 24.7 Å². The molecule has 1 rings (SSSR count). The van der Waals surface area contributed by atoms with Gasteiger partial charge in [-0.3, -0.25) is 0 Å². The van der Waals surface area contributed by atoms with Crippen LogP contribution in [0.25, 0.3) is 0 Å². The van der Waals surface area contributed by atoms with Gasteiger partial charge in [0.25, 0.3) is 0 Å². The van der Waals surface area contributed by atoms with Crippen molar-refractivity contribution in [2.45, 2.75) is 45.3 Å². The lowest BCUT2D eigenvalue weighted by atomic mass is 9.98. The van der Waals surface area contributed by atoms with E-state index in [0.717, 1.165) is 6.54 Å². The lowest BCUT2D eigenvalue weighted by Crippen LogP contribution is -2.34. The Hall–Kier alpha value is -1.01. The van der Waals surface area contributed by atoms with Gasteiger partial charge in [-0.25, -0.2) is 0 Å². The van der Waals surface area contributed by atoms with Gasteiger partial charge in [0.2, 0.25) is 0 Å². The highest BCUT2D eigenvalue weighted by Crippen LogP contribution is 2.13. The maximum atomic E-state index is 10.1. The first kappa shape index (κ1) is 13.1. The van der Waals surface area contributed by atoms with E-state index in [9.17, 15) is 5.11 Å². The summed E-state index contributed by atoms with van der Waals surface area (Å²) in [6, 6.07) is 0.436. The Morgan fingerprint density at radius 1 is 1.50 bits per heavy atom. The predicted molar refractivity (Wildman–Crippen MR) is 60.9 cm³/mol. The molecular weight excluding hydrogens is 206 g/mol. The Balaban J connectivity index is 2.39. The van der Waals surface area contributed by atoms with Gasteiger partial charge in [-0.15, -0.1) is 10.2 Å². The van der Waals surface area contributed by atoms with Crippen molar-refractivity contribution in [2.75, 3.05) is 6.54 Å². The number of aliphatic hydroxyl groups is 1. The van der Waals surface area contributed by atoms with Crippen molar-refractivity contribution in [2.24, 2.45) is 7.05 Å². The second-order valence-corrected chi connectivity index (χ2v) is 4.73. The molecule has 0 radical (unpaired) electrons. The second kappa shape index (κ2) is 5.36. The molecule has 1 atom stereocenters. The van der Waals surface area contributed by atoms with Crippen LogP contribution in [-0.4, -0.2) is 43.5 Å². The molecule has 0 aliphatic carbocycles. The van der Waals surface area contributed by atoms with Crippen LogP contribution >= 0.6 is 0 Å². The molecule has 0 aliphatic rings. The molecule has 6 heteroatoms. The van der Waals surface area contributed by atoms with Crippen LogP contribution in [0.4, 0.5) is 0 Å². The van der Waals surface area contributed by atoms with Crippen LogP contribution in [0.3, 0.4) is 0 Å². The first-order chi connectivity index (χ1) is 7.39. The summed E-state index contributed by atoms with van der Waals surface area (Å²) in [6.45, 7) is 6.74. The topological polar surface area (TPSA) is 75.9 Å². The highest BCUT2D eigenvalue weighted by atomic mass is 16.3. The summed E-state index contributed by atoms with van der Waals surface area (Å²) in [5.74, 6) is 0.581. The van der Waals surface area contributed by atoms with Gasteiger partial charge in [0.1, 0.15) is 0 Å². The van der Waals surface area contributed by atoms with Crippen LogP contribution in [0.2, 0.25) is 0 Å². The van der Waals surface area contributed by atoms with Crippen LogP contribution in [-0.2, 0) is 13.5 Å². The van der Waals surface area contributed by atoms with Gasteiger partial charge in [-0.1, -0.05) is 13.8 Å². The number of hydrogen-bond acceptors (Lipinski definition) is 5. The van der Waals surface area contributed by atoms with Gasteiger partial charge >= 0.3 is 0 Å². The van der Waals surface area contributed by atoms with E-state index in [1.807, 2.05) is 0 Å². The lowest BCUT2D eigenvalue weighted by molar-refractivity contribution is 0.0490. The normalized spacial score (nSPS) is 15.4. The van der Waals surface area contributed by atoms with E-state index in [2.05, 4.69) is 34.6 Å². The van der Waals surface area contributed by atoms with E-state index >= 15 is 0 Å². The fourth-order valence-electron chi connectivity index (χ4n) is 1.45. The Morgan fingerprint density at radius 2 is 2.19 bits per heavy atom. The van der Waals surface area contributed by atoms with Crippen molar-refractivity contribution >= 4 is 0 Å². The first-order valence-electron chi connectivity index (χ1n) is 5.58. The molecule has 0 fully saturated rings.